The van der Waals surface area contributed by atoms with Crippen molar-refractivity contribution in [1.82, 2.24) is 4.98 Å². The summed E-state index contributed by atoms with van der Waals surface area (Å²) in [6.45, 7) is 0. The van der Waals surface area contributed by atoms with Crippen LogP contribution in [0.25, 0.3) is 10.6 Å². The number of thiazole rings is 1. The molecule has 0 fully saturated rings. The van der Waals surface area contributed by atoms with Gasteiger partial charge in [-0.2, -0.15) is 0 Å². The Hall–Kier alpha value is -2.70. The molecule has 126 valence electrons. The first-order valence-corrected chi connectivity index (χ1v) is 8.68. The maximum atomic E-state index is 12.2. The summed E-state index contributed by atoms with van der Waals surface area (Å²) >= 11 is 7.44. The highest BCUT2D eigenvalue weighted by atomic mass is 35.5. The molecule has 1 heterocycles. The van der Waals surface area contributed by atoms with Crippen molar-refractivity contribution >= 4 is 40.4 Å². The molecule has 0 unspecified atom stereocenters. The zero-order valence-electron chi connectivity index (χ0n) is 13.0. The van der Waals surface area contributed by atoms with Crippen LogP contribution in [0.2, 0.25) is 5.02 Å². The fraction of sp³-hybridized carbons (Fsp3) is 0.0556. The summed E-state index contributed by atoms with van der Waals surface area (Å²) in [6, 6.07) is 14.0. The molecule has 0 aliphatic rings. The van der Waals surface area contributed by atoms with Gasteiger partial charge in [0.1, 0.15) is 5.01 Å². The van der Waals surface area contributed by atoms with E-state index in [9.17, 15) is 9.59 Å². The zero-order valence-corrected chi connectivity index (χ0v) is 14.6. The quantitative estimate of drug-likeness (QED) is 0.716. The van der Waals surface area contributed by atoms with E-state index >= 15 is 0 Å². The van der Waals surface area contributed by atoms with Crippen LogP contribution in [0.1, 0.15) is 16.1 Å². The Morgan fingerprint density at radius 3 is 2.72 bits per heavy atom. The number of carbonyl (C=O) groups is 2. The molecule has 25 heavy (non-hydrogen) atoms. The van der Waals surface area contributed by atoms with Crippen molar-refractivity contribution in [3.05, 3.63) is 70.2 Å². The number of anilines is 1. The first-order chi connectivity index (χ1) is 12.0. The minimum absolute atomic E-state index is 0.101. The van der Waals surface area contributed by atoms with Gasteiger partial charge in [-0.1, -0.05) is 35.9 Å². The van der Waals surface area contributed by atoms with E-state index in [1.165, 1.54) is 11.3 Å². The van der Waals surface area contributed by atoms with Gasteiger partial charge in [-0.05, 0) is 24.3 Å². The molecule has 0 saturated carbocycles. The molecule has 0 saturated heterocycles. The van der Waals surface area contributed by atoms with Crippen LogP contribution < -0.4 is 11.1 Å². The highest BCUT2D eigenvalue weighted by Crippen LogP contribution is 2.26. The van der Waals surface area contributed by atoms with Crippen molar-refractivity contribution in [3.63, 3.8) is 0 Å². The van der Waals surface area contributed by atoms with Crippen LogP contribution in [0.3, 0.4) is 0 Å². The third-order valence-electron chi connectivity index (χ3n) is 3.43. The highest BCUT2D eigenvalue weighted by Gasteiger charge is 2.13. The molecular formula is C18H14ClN3O2S. The van der Waals surface area contributed by atoms with Crippen molar-refractivity contribution in [2.24, 2.45) is 5.73 Å². The van der Waals surface area contributed by atoms with Gasteiger partial charge in [-0.15, -0.1) is 11.3 Å². The SMILES string of the molecule is NC(=O)c1ccccc1NC(=O)Cc1csc(-c2cccc(Cl)c2)n1. The molecule has 0 spiro atoms. The van der Waals surface area contributed by atoms with E-state index in [2.05, 4.69) is 10.3 Å². The Bertz CT molecular complexity index is 939. The summed E-state index contributed by atoms with van der Waals surface area (Å²) < 4.78 is 0. The molecule has 0 atom stereocenters. The number of benzene rings is 2. The Labute approximate surface area is 153 Å². The summed E-state index contributed by atoms with van der Waals surface area (Å²) in [5.74, 6) is -0.857. The van der Waals surface area contributed by atoms with Crippen LogP contribution in [0, 0.1) is 0 Å². The van der Waals surface area contributed by atoms with Crippen molar-refractivity contribution in [1.29, 1.82) is 0 Å². The van der Waals surface area contributed by atoms with E-state index in [0.29, 0.717) is 16.4 Å². The number of primary amides is 1. The summed E-state index contributed by atoms with van der Waals surface area (Å²) in [7, 11) is 0. The van der Waals surface area contributed by atoms with Gasteiger partial charge >= 0.3 is 0 Å². The number of aromatic nitrogens is 1. The lowest BCUT2D eigenvalue weighted by Gasteiger charge is -2.07. The fourth-order valence-electron chi connectivity index (χ4n) is 2.31. The third-order valence-corrected chi connectivity index (χ3v) is 4.61. The summed E-state index contributed by atoms with van der Waals surface area (Å²) in [5, 5.41) is 5.96. The molecule has 2 aromatic carbocycles. The van der Waals surface area contributed by atoms with Crippen molar-refractivity contribution < 1.29 is 9.59 Å². The smallest absolute Gasteiger partial charge is 0.250 e. The van der Waals surface area contributed by atoms with Gasteiger partial charge in [0.05, 0.1) is 23.4 Å². The number of amides is 2. The van der Waals surface area contributed by atoms with Crippen LogP contribution in [0.5, 0.6) is 0 Å². The van der Waals surface area contributed by atoms with Gasteiger partial charge in [0.15, 0.2) is 0 Å². The Kier molecular flexibility index (Phi) is 5.11. The largest absolute Gasteiger partial charge is 0.366 e. The van der Waals surface area contributed by atoms with Crippen LogP contribution in [0.15, 0.2) is 53.9 Å². The average molecular weight is 372 g/mol. The standard InChI is InChI=1S/C18H14ClN3O2S/c19-12-5-3-4-11(8-12)18-21-13(10-25-18)9-16(23)22-15-7-2-1-6-14(15)17(20)24/h1-8,10H,9H2,(H2,20,24)(H,22,23). The number of carbonyl (C=O) groups excluding carboxylic acids is 2. The van der Waals surface area contributed by atoms with Gasteiger partial charge in [0, 0.05) is 16.0 Å². The molecule has 0 aliphatic carbocycles. The molecular weight excluding hydrogens is 358 g/mol. The maximum absolute atomic E-state index is 12.2. The van der Waals surface area contributed by atoms with Crippen molar-refractivity contribution in [2.45, 2.75) is 6.42 Å². The normalized spacial score (nSPS) is 10.4. The molecule has 2 amide bonds. The van der Waals surface area contributed by atoms with Crippen LogP contribution in [0.4, 0.5) is 5.69 Å². The minimum Gasteiger partial charge on any atom is -0.366 e. The topological polar surface area (TPSA) is 85.1 Å². The van der Waals surface area contributed by atoms with Gasteiger partial charge in [-0.3, -0.25) is 9.59 Å². The third kappa shape index (κ3) is 4.23. The molecule has 7 heteroatoms. The summed E-state index contributed by atoms with van der Waals surface area (Å²) in [5.41, 5.74) is 7.53. The second-order valence-electron chi connectivity index (χ2n) is 5.29. The summed E-state index contributed by atoms with van der Waals surface area (Å²) in [6.07, 6.45) is 0.101. The zero-order chi connectivity index (χ0) is 17.8. The predicted octanol–water partition coefficient (Wildman–Crippen LogP) is 3.74. The van der Waals surface area contributed by atoms with E-state index in [1.807, 2.05) is 23.6 Å². The van der Waals surface area contributed by atoms with E-state index in [4.69, 9.17) is 17.3 Å². The van der Waals surface area contributed by atoms with Gasteiger partial charge in [-0.25, -0.2) is 4.98 Å². The number of para-hydroxylation sites is 1. The number of hydrogen-bond acceptors (Lipinski definition) is 4. The molecule has 1 aromatic heterocycles. The lowest BCUT2D eigenvalue weighted by molar-refractivity contribution is -0.115. The molecule has 3 N–H and O–H groups in total. The maximum Gasteiger partial charge on any atom is 0.250 e. The first kappa shape index (κ1) is 17.1. The van der Waals surface area contributed by atoms with Gasteiger partial charge in [0.25, 0.3) is 5.91 Å². The fourth-order valence-corrected chi connectivity index (χ4v) is 3.32. The number of rotatable bonds is 5. The molecule has 5 nitrogen and oxygen atoms in total. The van der Waals surface area contributed by atoms with Crippen molar-refractivity contribution in [2.75, 3.05) is 5.32 Å². The molecule has 0 radical (unpaired) electrons. The number of nitrogens with zero attached hydrogens (tertiary/aromatic N) is 1. The van der Waals surface area contributed by atoms with Crippen LogP contribution >= 0.6 is 22.9 Å². The van der Waals surface area contributed by atoms with Gasteiger partial charge in [0.2, 0.25) is 5.91 Å². The minimum atomic E-state index is -0.590. The first-order valence-electron chi connectivity index (χ1n) is 7.42. The second kappa shape index (κ2) is 7.46. The van der Waals surface area contributed by atoms with Gasteiger partial charge < -0.3 is 11.1 Å². The van der Waals surface area contributed by atoms with Crippen LogP contribution in [-0.2, 0) is 11.2 Å². The molecule has 0 aliphatic heterocycles. The van der Waals surface area contributed by atoms with E-state index in [0.717, 1.165) is 10.6 Å². The Morgan fingerprint density at radius 2 is 1.96 bits per heavy atom. The monoisotopic (exact) mass is 371 g/mol. The number of nitrogens with two attached hydrogens (primary N) is 1. The average Bonchev–Trinajstić information content (AvgIpc) is 3.03. The highest BCUT2D eigenvalue weighted by molar-refractivity contribution is 7.13. The summed E-state index contributed by atoms with van der Waals surface area (Å²) in [4.78, 5) is 28.1. The number of hydrogen-bond donors (Lipinski definition) is 2. The molecule has 3 aromatic rings. The number of nitrogens with one attached hydrogen (secondary N) is 1. The Morgan fingerprint density at radius 1 is 1.16 bits per heavy atom. The van der Waals surface area contributed by atoms with Crippen molar-refractivity contribution in [3.8, 4) is 10.6 Å². The predicted molar refractivity (Wildman–Crippen MR) is 99.9 cm³/mol. The van der Waals surface area contributed by atoms with Crippen LogP contribution in [-0.4, -0.2) is 16.8 Å². The number of halogens is 1. The molecule has 0 bridgehead atoms. The Balaban J connectivity index is 1.71. The molecule has 3 rings (SSSR count). The lowest BCUT2D eigenvalue weighted by Crippen LogP contribution is -2.19. The second-order valence-corrected chi connectivity index (χ2v) is 6.58. The lowest BCUT2D eigenvalue weighted by atomic mass is 10.1. The van der Waals surface area contributed by atoms with E-state index < -0.39 is 5.91 Å². The van der Waals surface area contributed by atoms with E-state index in [1.54, 1.807) is 30.3 Å². The van der Waals surface area contributed by atoms with E-state index in [-0.39, 0.29) is 17.9 Å².